The fourth-order valence-electron chi connectivity index (χ4n) is 3.20. The van der Waals surface area contributed by atoms with Crippen molar-refractivity contribution in [2.45, 2.75) is 26.4 Å². The Morgan fingerprint density at radius 3 is 2.88 bits per heavy atom. The summed E-state index contributed by atoms with van der Waals surface area (Å²) in [5.41, 5.74) is 2.85. The number of carbonyl (C=O) groups excluding carboxylic acids is 1. The van der Waals surface area contributed by atoms with Gasteiger partial charge in [0.2, 0.25) is 0 Å². The number of rotatable bonds is 3. The van der Waals surface area contributed by atoms with Gasteiger partial charge in [-0.1, -0.05) is 6.92 Å². The lowest BCUT2D eigenvalue weighted by atomic mass is 10.2. The zero-order valence-corrected chi connectivity index (χ0v) is 14.3. The van der Waals surface area contributed by atoms with Crippen LogP contribution in [0.3, 0.4) is 0 Å². The first kappa shape index (κ1) is 16.0. The number of morpholine rings is 1. The summed E-state index contributed by atoms with van der Waals surface area (Å²) in [5, 5.41) is 0. The average molecular weight is 339 g/mol. The predicted molar refractivity (Wildman–Crippen MR) is 92.3 cm³/mol. The van der Waals surface area contributed by atoms with E-state index in [1.807, 2.05) is 17.2 Å². The first-order valence-corrected chi connectivity index (χ1v) is 8.66. The monoisotopic (exact) mass is 339 g/mol. The SMILES string of the molecule is CCc1ncc2c(n1)CN(c1cc(C(=O)N3CCOCC3)ccn1)C2. The van der Waals surface area contributed by atoms with Crippen molar-refractivity contribution in [2.75, 3.05) is 31.2 Å². The summed E-state index contributed by atoms with van der Waals surface area (Å²) in [4.78, 5) is 30.1. The Hall–Kier alpha value is -2.54. The van der Waals surface area contributed by atoms with Crippen LogP contribution in [0.25, 0.3) is 0 Å². The van der Waals surface area contributed by atoms with Gasteiger partial charge >= 0.3 is 0 Å². The third-order valence-electron chi connectivity index (χ3n) is 4.64. The molecule has 0 spiro atoms. The fourth-order valence-corrected chi connectivity index (χ4v) is 3.20. The van der Waals surface area contributed by atoms with Crippen LogP contribution in [0.1, 0.15) is 34.4 Å². The summed E-state index contributed by atoms with van der Waals surface area (Å²) >= 11 is 0. The Morgan fingerprint density at radius 2 is 2.08 bits per heavy atom. The van der Waals surface area contributed by atoms with Crippen LogP contribution in [0.2, 0.25) is 0 Å². The number of aromatic nitrogens is 3. The molecule has 0 N–H and O–H groups in total. The molecule has 2 aromatic rings. The maximum atomic E-state index is 12.7. The normalized spacial score (nSPS) is 16.8. The zero-order chi connectivity index (χ0) is 17.2. The Morgan fingerprint density at radius 1 is 1.24 bits per heavy atom. The zero-order valence-electron chi connectivity index (χ0n) is 14.3. The maximum Gasteiger partial charge on any atom is 0.254 e. The number of pyridine rings is 1. The van der Waals surface area contributed by atoms with Crippen molar-refractivity contribution < 1.29 is 9.53 Å². The van der Waals surface area contributed by atoms with Gasteiger partial charge < -0.3 is 14.5 Å². The molecule has 0 atom stereocenters. The molecule has 1 fully saturated rings. The summed E-state index contributed by atoms with van der Waals surface area (Å²) in [6.45, 7) is 5.96. The minimum Gasteiger partial charge on any atom is -0.378 e. The summed E-state index contributed by atoms with van der Waals surface area (Å²) in [6, 6.07) is 3.65. The number of nitrogens with zero attached hydrogens (tertiary/aromatic N) is 5. The molecule has 1 amide bonds. The highest BCUT2D eigenvalue weighted by atomic mass is 16.5. The molecule has 0 bridgehead atoms. The van der Waals surface area contributed by atoms with Gasteiger partial charge in [0.05, 0.1) is 25.5 Å². The Labute approximate surface area is 146 Å². The van der Waals surface area contributed by atoms with Crippen molar-refractivity contribution in [3.8, 4) is 0 Å². The number of carbonyl (C=O) groups is 1. The average Bonchev–Trinajstić information content (AvgIpc) is 3.11. The van der Waals surface area contributed by atoms with E-state index in [-0.39, 0.29) is 5.91 Å². The van der Waals surface area contributed by atoms with Crippen molar-refractivity contribution >= 4 is 11.7 Å². The van der Waals surface area contributed by atoms with Crippen molar-refractivity contribution in [3.05, 3.63) is 47.2 Å². The van der Waals surface area contributed by atoms with Gasteiger partial charge in [0.1, 0.15) is 11.6 Å². The van der Waals surface area contributed by atoms with Crippen LogP contribution < -0.4 is 4.90 Å². The second-order valence-corrected chi connectivity index (χ2v) is 6.28. The lowest BCUT2D eigenvalue weighted by molar-refractivity contribution is 0.0303. The van der Waals surface area contributed by atoms with Crippen LogP contribution in [0, 0.1) is 0 Å². The van der Waals surface area contributed by atoms with Crippen molar-refractivity contribution in [2.24, 2.45) is 0 Å². The first-order chi connectivity index (χ1) is 12.2. The van der Waals surface area contributed by atoms with Gasteiger partial charge in [-0.25, -0.2) is 15.0 Å². The largest absolute Gasteiger partial charge is 0.378 e. The molecule has 0 radical (unpaired) electrons. The molecule has 0 saturated carbocycles. The van der Waals surface area contributed by atoms with Gasteiger partial charge in [-0.05, 0) is 12.1 Å². The molecule has 2 aliphatic heterocycles. The second kappa shape index (κ2) is 6.76. The van der Waals surface area contributed by atoms with Crippen LogP contribution >= 0.6 is 0 Å². The summed E-state index contributed by atoms with van der Waals surface area (Å²) in [6.07, 6.45) is 4.44. The molecule has 25 heavy (non-hydrogen) atoms. The van der Waals surface area contributed by atoms with E-state index in [2.05, 4.69) is 26.8 Å². The van der Waals surface area contributed by atoms with E-state index in [0.717, 1.165) is 35.9 Å². The predicted octanol–water partition coefficient (Wildman–Crippen LogP) is 1.43. The van der Waals surface area contributed by atoms with Gasteiger partial charge in [0, 0.05) is 49.6 Å². The van der Waals surface area contributed by atoms with Gasteiger partial charge in [-0.3, -0.25) is 4.79 Å². The van der Waals surface area contributed by atoms with Crippen LogP contribution in [0.15, 0.2) is 24.5 Å². The quantitative estimate of drug-likeness (QED) is 0.842. The minimum atomic E-state index is 0.0386. The number of anilines is 1. The molecule has 2 aromatic heterocycles. The van der Waals surface area contributed by atoms with Crippen LogP contribution in [0.5, 0.6) is 0 Å². The van der Waals surface area contributed by atoms with Gasteiger partial charge in [0.15, 0.2) is 0 Å². The molecular weight excluding hydrogens is 318 g/mol. The maximum absolute atomic E-state index is 12.7. The third kappa shape index (κ3) is 3.19. The Balaban J connectivity index is 1.53. The van der Waals surface area contributed by atoms with E-state index in [4.69, 9.17) is 4.74 Å². The highest BCUT2D eigenvalue weighted by molar-refractivity contribution is 5.95. The Bertz CT molecular complexity index is 789. The van der Waals surface area contributed by atoms with Gasteiger partial charge in [-0.15, -0.1) is 0 Å². The molecule has 2 aliphatic rings. The fraction of sp³-hybridized carbons (Fsp3) is 0.444. The van der Waals surface area contributed by atoms with E-state index in [1.165, 1.54) is 0 Å². The molecule has 130 valence electrons. The molecule has 0 aromatic carbocycles. The number of fused-ring (bicyclic) bond motifs is 1. The highest BCUT2D eigenvalue weighted by Crippen LogP contribution is 2.26. The molecule has 0 aliphatic carbocycles. The van der Waals surface area contributed by atoms with Crippen molar-refractivity contribution in [1.82, 2.24) is 19.9 Å². The molecule has 4 heterocycles. The van der Waals surface area contributed by atoms with E-state index >= 15 is 0 Å². The second-order valence-electron chi connectivity index (χ2n) is 6.28. The summed E-state index contributed by atoms with van der Waals surface area (Å²) in [5.74, 6) is 1.71. The van der Waals surface area contributed by atoms with E-state index < -0.39 is 0 Å². The number of hydrogen-bond acceptors (Lipinski definition) is 6. The standard InChI is InChI=1S/C18H21N5O2/c1-2-16-20-10-14-11-23(12-15(14)21-16)17-9-13(3-4-19-17)18(24)22-5-7-25-8-6-22/h3-4,9-10H,2,5-8,11-12H2,1H3. The van der Waals surface area contributed by atoms with E-state index in [1.54, 1.807) is 12.3 Å². The van der Waals surface area contributed by atoms with Gasteiger partial charge in [-0.2, -0.15) is 0 Å². The van der Waals surface area contributed by atoms with Crippen LogP contribution in [-0.2, 0) is 24.2 Å². The lowest BCUT2D eigenvalue weighted by Gasteiger charge is -2.27. The summed E-state index contributed by atoms with van der Waals surface area (Å²) < 4.78 is 5.32. The van der Waals surface area contributed by atoms with Gasteiger partial charge in [0.25, 0.3) is 5.91 Å². The lowest BCUT2D eigenvalue weighted by Crippen LogP contribution is -2.40. The topological polar surface area (TPSA) is 71.5 Å². The number of hydrogen-bond donors (Lipinski definition) is 0. The van der Waals surface area contributed by atoms with Crippen LogP contribution in [0.4, 0.5) is 5.82 Å². The van der Waals surface area contributed by atoms with Crippen molar-refractivity contribution in [3.63, 3.8) is 0 Å². The highest BCUT2D eigenvalue weighted by Gasteiger charge is 2.24. The molecule has 7 nitrogen and oxygen atoms in total. The minimum absolute atomic E-state index is 0.0386. The molecule has 7 heteroatoms. The van der Waals surface area contributed by atoms with Crippen molar-refractivity contribution in [1.29, 1.82) is 0 Å². The van der Waals surface area contributed by atoms with Crippen LogP contribution in [-0.4, -0.2) is 52.1 Å². The summed E-state index contributed by atoms with van der Waals surface area (Å²) in [7, 11) is 0. The van der Waals surface area contributed by atoms with E-state index in [9.17, 15) is 4.79 Å². The number of aryl methyl sites for hydroxylation is 1. The molecule has 1 saturated heterocycles. The first-order valence-electron chi connectivity index (χ1n) is 8.66. The molecule has 4 rings (SSSR count). The third-order valence-corrected chi connectivity index (χ3v) is 4.64. The number of ether oxygens (including phenoxy) is 1. The Kier molecular flexibility index (Phi) is 4.31. The smallest absolute Gasteiger partial charge is 0.254 e. The number of amides is 1. The molecule has 0 unspecified atom stereocenters. The molecular formula is C18H21N5O2. The van der Waals surface area contributed by atoms with E-state index in [0.29, 0.717) is 38.4 Å².